The molecule has 0 saturated carbocycles. The number of carbonyl (C=O) groups excluding carboxylic acids is 2. The first kappa shape index (κ1) is 30.8. The van der Waals surface area contributed by atoms with Crippen molar-refractivity contribution < 1.29 is 22.4 Å². The molecule has 1 atom stereocenters. The summed E-state index contributed by atoms with van der Waals surface area (Å²) in [6.07, 6.45) is 2.58. The lowest BCUT2D eigenvalue weighted by molar-refractivity contribution is -0.141. The molecule has 0 aliphatic carbocycles. The number of hydrogen-bond acceptors (Lipinski definition) is 4. The second-order valence-electron chi connectivity index (χ2n) is 9.71. The van der Waals surface area contributed by atoms with Gasteiger partial charge in [-0.2, -0.15) is 0 Å². The van der Waals surface area contributed by atoms with Gasteiger partial charge in [0.2, 0.25) is 21.8 Å². The molecule has 1 N–H and O–H groups in total. The van der Waals surface area contributed by atoms with E-state index in [0.29, 0.717) is 24.2 Å². The molecule has 0 fully saturated rings. The van der Waals surface area contributed by atoms with E-state index >= 15 is 0 Å². The number of rotatable bonds is 14. The lowest BCUT2D eigenvalue weighted by Gasteiger charge is -2.32. The Morgan fingerprint density at radius 3 is 2.08 bits per heavy atom. The third kappa shape index (κ3) is 8.91. The number of sulfonamides is 1. The van der Waals surface area contributed by atoms with Crippen molar-refractivity contribution in [2.24, 2.45) is 0 Å². The van der Waals surface area contributed by atoms with Crippen molar-refractivity contribution in [3.05, 3.63) is 101 Å². The summed E-state index contributed by atoms with van der Waals surface area (Å²) in [6, 6.07) is 21.8. The standard InChI is InChI=1S/C31H38FN3O4S/c1-4-24-15-19-28(20-16-24)35(40(3,38)39)21-9-12-30(36)34(23-26-13-17-27(32)18-14-26)29(31(37)33-5-2)22-25-10-7-6-8-11-25/h6-8,10-11,13-20,29H,4-5,9,12,21-23H2,1-3H3,(H,33,37)/t29-/m0/s1. The van der Waals surface area contributed by atoms with Crippen LogP contribution < -0.4 is 9.62 Å². The summed E-state index contributed by atoms with van der Waals surface area (Å²) in [6.45, 7) is 4.48. The molecule has 9 heteroatoms. The van der Waals surface area contributed by atoms with Crippen LogP contribution in [0, 0.1) is 5.82 Å². The summed E-state index contributed by atoms with van der Waals surface area (Å²) >= 11 is 0. The van der Waals surface area contributed by atoms with Gasteiger partial charge in [0.15, 0.2) is 0 Å². The molecule has 3 aromatic rings. The predicted octanol–water partition coefficient (Wildman–Crippen LogP) is 4.71. The Hall–Kier alpha value is -3.72. The van der Waals surface area contributed by atoms with Crippen molar-refractivity contribution in [1.82, 2.24) is 10.2 Å². The van der Waals surface area contributed by atoms with Crippen molar-refractivity contribution in [3.63, 3.8) is 0 Å². The molecule has 0 saturated heterocycles. The van der Waals surface area contributed by atoms with Crippen LogP contribution in [0.25, 0.3) is 0 Å². The van der Waals surface area contributed by atoms with Gasteiger partial charge < -0.3 is 10.2 Å². The van der Waals surface area contributed by atoms with Crippen LogP contribution in [0.5, 0.6) is 0 Å². The molecule has 0 unspecified atom stereocenters. The largest absolute Gasteiger partial charge is 0.355 e. The van der Waals surface area contributed by atoms with E-state index in [2.05, 4.69) is 5.32 Å². The van der Waals surface area contributed by atoms with E-state index in [-0.39, 0.29) is 43.6 Å². The molecule has 0 aliphatic heterocycles. The normalized spacial score (nSPS) is 12.0. The monoisotopic (exact) mass is 567 g/mol. The van der Waals surface area contributed by atoms with Crippen LogP contribution in [0.4, 0.5) is 10.1 Å². The number of hydrogen-bond donors (Lipinski definition) is 1. The van der Waals surface area contributed by atoms with E-state index < -0.39 is 16.1 Å². The first-order valence-electron chi connectivity index (χ1n) is 13.5. The lowest BCUT2D eigenvalue weighted by atomic mass is 10.0. The maximum Gasteiger partial charge on any atom is 0.243 e. The minimum Gasteiger partial charge on any atom is -0.355 e. The van der Waals surface area contributed by atoms with E-state index in [0.717, 1.165) is 23.8 Å². The zero-order valence-electron chi connectivity index (χ0n) is 23.3. The Morgan fingerprint density at radius 1 is 0.875 bits per heavy atom. The number of nitrogens with one attached hydrogen (secondary N) is 1. The molecule has 0 aliphatic rings. The SMILES string of the molecule is CCNC(=O)[C@H](Cc1ccccc1)N(Cc1ccc(F)cc1)C(=O)CCCN(c1ccc(CC)cc1)S(C)(=O)=O. The molecule has 40 heavy (non-hydrogen) atoms. The fourth-order valence-electron chi connectivity index (χ4n) is 4.53. The van der Waals surface area contributed by atoms with Gasteiger partial charge in [-0.3, -0.25) is 13.9 Å². The average Bonchev–Trinajstić information content (AvgIpc) is 2.94. The van der Waals surface area contributed by atoms with Crippen LogP contribution in [-0.2, 0) is 39.0 Å². The summed E-state index contributed by atoms with van der Waals surface area (Å²) < 4.78 is 40.0. The van der Waals surface area contributed by atoms with Gasteiger partial charge in [0.05, 0.1) is 11.9 Å². The topological polar surface area (TPSA) is 86.8 Å². The van der Waals surface area contributed by atoms with Gasteiger partial charge in [-0.05, 0) is 60.7 Å². The first-order valence-corrected chi connectivity index (χ1v) is 15.4. The van der Waals surface area contributed by atoms with Gasteiger partial charge in [0, 0.05) is 32.5 Å². The number of amides is 2. The number of benzene rings is 3. The van der Waals surface area contributed by atoms with Crippen LogP contribution in [0.3, 0.4) is 0 Å². The van der Waals surface area contributed by atoms with Gasteiger partial charge >= 0.3 is 0 Å². The quantitative estimate of drug-likeness (QED) is 0.306. The molecule has 3 aromatic carbocycles. The van der Waals surface area contributed by atoms with Crippen molar-refractivity contribution in [3.8, 4) is 0 Å². The number of likely N-dealkylation sites (N-methyl/N-ethyl adjacent to an activating group) is 1. The van der Waals surface area contributed by atoms with Crippen LogP contribution in [0.1, 0.15) is 43.4 Å². The van der Waals surface area contributed by atoms with Crippen molar-refractivity contribution in [2.75, 3.05) is 23.7 Å². The molecule has 7 nitrogen and oxygen atoms in total. The van der Waals surface area contributed by atoms with Crippen LogP contribution in [-0.4, -0.2) is 50.5 Å². The fourth-order valence-corrected chi connectivity index (χ4v) is 5.50. The van der Waals surface area contributed by atoms with Crippen LogP contribution in [0.2, 0.25) is 0 Å². The third-order valence-corrected chi connectivity index (χ3v) is 7.87. The minimum absolute atomic E-state index is 0.0327. The predicted molar refractivity (Wildman–Crippen MR) is 157 cm³/mol. The van der Waals surface area contributed by atoms with E-state index in [4.69, 9.17) is 0 Å². The maximum absolute atomic E-state index is 13.7. The van der Waals surface area contributed by atoms with Gasteiger partial charge in [-0.25, -0.2) is 12.8 Å². The highest BCUT2D eigenvalue weighted by atomic mass is 32.2. The Kier molecular flexibility index (Phi) is 11.3. The Bertz CT molecular complexity index is 1350. The third-order valence-electron chi connectivity index (χ3n) is 6.67. The van der Waals surface area contributed by atoms with Gasteiger partial charge in [0.1, 0.15) is 11.9 Å². The molecular weight excluding hydrogens is 529 g/mol. The number of halogens is 1. The summed E-state index contributed by atoms with van der Waals surface area (Å²) in [5.41, 5.74) is 3.22. The second-order valence-corrected chi connectivity index (χ2v) is 11.6. The van der Waals surface area contributed by atoms with Gasteiger partial charge in [-0.1, -0.05) is 61.5 Å². The van der Waals surface area contributed by atoms with Gasteiger partial charge in [-0.15, -0.1) is 0 Å². The fraction of sp³-hybridized carbons (Fsp3) is 0.355. The van der Waals surface area contributed by atoms with E-state index in [9.17, 15) is 22.4 Å². The molecular formula is C31H38FN3O4S. The van der Waals surface area contributed by atoms with Crippen molar-refractivity contribution in [1.29, 1.82) is 0 Å². The summed E-state index contributed by atoms with van der Waals surface area (Å²) in [5.74, 6) is -0.957. The van der Waals surface area contributed by atoms with E-state index in [1.165, 1.54) is 21.3 Å². The smallest absolute Gasteiger partial charge is 0.243 e. The molecule has 0 heterocycles. The Morgan fingerprint density at radius 2 is 1.50 bits per heavy atom. The summed E-state index contributed by atoms with van der Waals surface area (Å²) in [7, 11) is -3.58. The summed E-state index contributed by atoms with van der Waals surface area (Å²) in [5, 5.41) is 2.84. The maximum atomic E-state index is 13.7. The van der Waals surface area contributed by atoms with E-state index in [1.807, 2.05) is 56.3 Å². The highest BCUT2D eigenvalue weighted by Crippen LogP contribution is 2.21. The molecule has 0 bridgehead atoms. The van der Waals surface area contributed by atoms with E-state index in [1.54, 1.807) is 24.3 Å². The van der Waals surface area contributed by atoms with Crippen molar-refractivity contribution >= 4 is 27.5 Å². The molecule has 2 amide bonds. The molecule has 0 aromatic heterocycles. The van der Waals surface area contributed by atoms with Crippen molar-refractivity contribution in [2.45, 2.75) is 52.1 Å². The molecule has 0 radical (unpaired) electrons. The molecule has 3 rings (SSSR count). The number of nitrogens with zero attached hydrogens (tertiary/aromatic N) is 2. The zero-order chi connectivity index (χ0) is 29.1. The Labute approximate surface area is 237 Å². The highest BCUT2D eigenvalue weighted by molar-refractivity contribution is 7.92. The number of aryl methyl sites for hydroxylation is 1. The zero-order valence-corrected chi connectivity index (χ0v) is 24.2. The lowest BCUT2D eigenvalue weighted by Crippen LogP contribution is -2.50. The Balaban J connectivity index is 1.84. The highest BCUT2D eigenvalue weighted by Gasteiger charge is 2.30. The molecule has 214 valence electrons. The number of anilines is 1. The van der Waals surface area contributed by atoms with Crippen LogP contribution >= 0.6 is 0 Å². The summed E-state index contributed by atoms with van der Waals surface area (Å²) in [4.78, 5) is 28.5. The van der Waals surface area contributed by atoms with Crippen LogP contribution in [0.15, 0.2) is 78.9 Å². The second kappa shape index (κ2) is 14.6. The van der Waals surface area contributed by atoms with Gasteiger partial charge in [0.25, 0.3) is 0 Å². The average molecular weight is 568 g/mol. The number of carbonyl (C=O) groups is 2. The molecule has 0 spiro atoms. The minimum atomic E-state index is -3.58. The first-order chi connectivity index (χ1) is 19.1.